The van der Waals surface area contributed by atoms with Gasteiger partial charge in [0.15, 0.2) is 0 Å². The van der Waals surface area contributed by atoms with Gasteiger partial charge in [-0.25, -0.2) is 0 Å². The van der Waals surface area contributed by atoms with Crippen molar-refractivity contribution in [2.75, 3.05) is 26.7 Å². The van der Waals surface area contributed by atoms with Gasteiger partial charge >= 0.3 is 0 Å². The molecule has 0 bridgehead atoms. The lowest BCUT2D eigenvalue weighted by molar-refractivity contribution is 0.0796. The van der Waals surface area contributed by atoms with Crippen LogP contribution in [0, 0.1) is 5.92 Å². The summed E-state index contributed by atoms with van der Waals surface area (Å²) in [6.45, 7) is 2.93. The third-order valence-corrected chi connectivity index (χ3v) is 4.73. The van der Waals surface area contributed by atoms with E-state index in [-0.39, 0.29) is 18.3 Å². The van der Waals surface area contributed by atoms with E-state index in [1.54, 1.807) is 9.58 Å². The summed E-state index contributed by atoms with van der Waals surface area (Å²) in [7, 11) is 3.76. The van der Waals surface area contributed by atoms with Crippen LogP contribution in [0.5, 0.6) is 0 Å². The second-order valence-electron chi connectivity index (χ2n) is 6.76. The highest BCUT2D eigenvalue weighted by Gasteiger charge is 2.16. The Bertz CT molecular complexity index is 677. The number of benzene rings is 1. The molecule has 136 valence electrons. The van der Waals surface area contributed by atoms with Gasteiger partial charge in [-0.3, -0.25) is 9.48 Å². The van der Waals surface area contributed by atoms with E-state index in [1.165, 1.54) is 12.0 Å². The number of amides is 1. The maximum absolute atomic E-state index is 12.5. The van der Waals surface area contributed by atoms with Crippen molar-refractivity contribution >= 4 is 18.3 Å². The van der Waals surface area contributed by atoms with Gasteiger partial charge in [0.05, 0.1) is 6.20 Å². The Morgan fingerprint density at radius 1 is 1.32 bits per heavy atom. The molecule has 25 heavy (non-hydrogen) atoms. The lowest BCUT2D eigenvalue weighted by Gasteiger charge is -2.17. The topological polar surface area (TPSA) is 50.2 Å². The van der Waals surface area contributed by atoms with Crippen molar-refractivity contribution in [3.05, 3.63) is 53.3 Å². The number of rotatable bonds is 6. The highest BCUT2D eigenvalue weighted by atomic mass is 35.5. The van der Waals surface area contributed by atoms with E-state index in [0.717, 1.165) is 43.0 Å². The first kappa shape index (κ1) is 19.5. The SMILES string of the molecule is CN(CCc1cnn(C)c1)C(=O)c1ccc(CC2CCNC2)cc1.Cl. The first-order valence-electron chi connectivity index (χ1n) is 8.64. The lowest BCUT2D eigenvalue weighted by Crippen LogP contribution is -2.28. The Kier molecular flexibility index (Phi) is 7.02. The summed E-state index contributed by atoms with van der Waals surface area (Å²) in [6, 6.07) is 8.11. The Morgan fingerprint density at radius 3 is 2.68 bits per heavy atom. The minimum Gasteiger partial charge on any atom is -0.341 e. The van der Waals surface area contributed by atoms with Crippen LogP contribution < -0.4 is 5.32 Å². The molecule has 1 amide bonds. The van der Waals surface area contributed by atoms with Gasteiger partial charge in [-0.05, 0) is 61.5 Å². The van der Waals surface area contributed by atoms with Crippen LogP contribution in [0.1, 0.15) is 27.9 Å². The van der Waals surface area contributed by atoms with Crippen LogP contribution in [0.15, 0.2) is 36.7 Å². The predicted molar refractivity (Wildman–Crippen MR) is 102 cm³/mol. The fourth-order valence-electron chi connectivity index (χ4n) is 3.23. The van der Waals surface area contributed by atoms with Crippen LogP contribution in [0.4, 0.5) is 0 Å². The monoisotopic (exact) mass is 362 g/mol. The number of halogens is 1. The zero-order chi connectivity index (χ0) is 16.9. The molecule has 1 aliphatic rings. The third-order valence-electron chi connectivity index (χ3n) is 4.73. The molecule has 0 radical (unpaired) electrons. The molecule has 1 N–H and O–H groups in total. The largest absolute Gasteiger partial charge is 0.341 e. The molecule has 5 nitrogen and oxygen atoms in total. The van der Waals surface area contributed by atoms with E-state index in [0.29, 0.717) is 6.54 Å². The fourth-order valence-corrected chi connectivity index (χ4v) is 3.23. The van der Waals surface area contributed by atoms with E-state index in [9.17, 15) is 4.79 Å². The molecule has 0 spiro atoms. The molecule has 1 aromatic carbocycles. The molecule has 1 aliphatic heterocycles. The van der Waals surface area contributed by atoms with Crippen LogP contribution in [0.3, 0.4) is 0 Å². The van der Waals surface area contributed by atoms with Gasteiger partial charge in [-0.2, -0.15) is 5.10 Å². The van der Waals surface area contributed by atoms with Gasteiger partial charge in [-0.15, -0.1) is 12.4 Å². The highest BCUT2D eigenvalue weighted by Crippen LogP contribution is 2.16. The predicted octanol–water partition coefficient (Wildman–Crippen LogP) is 2.31. The molecule has 1 fully saturated rings. The lowest BCUT2D eigenvalue weighted by atomic mass is 9.98. The smallest absolute Gasteiger partial charge is 0.253 e. The van der Waals surface area contributed by atoms with Gasteiger partial charge in [-0.1, -0.05) is 12.1 Å². The summed E-state index contributed by atoms with van der Waals surface area (Å²) in [5, 5.41) is 7.56. The second kappa shape index (κ2) is 9.02. The minimum absolute atomic E-state index is 0. The van der Waals surface area contributed by atoms with Gasteiger partial charge in [0.1, 0.15) is 0 Å². The quantitative estimate of drug-likeness (QED) is 0.857. The summed E-state index contributed by atoms with van der Waals surface area (Å²) >= 11 is 0. The van der Waals surface area contributed by atoms with Crippen molar-refractivity contribution in [2.24, 2.45) is 13.0 Å². The van der Waals surface area contributed by atoms with Gasteiger partial charge in [0, 0.05) is 32.4 Å². The Balaban J connectivity index is 0.00000225. The summed E-state index contributed by atoms with van der Waals surface area (Å²) < 4.78 is 1.79. The molecule has 0 aliphatic carbocycles. The molecule has 2 aromatic rings. The van der Waals surface area contributed by atoms with Crippen molar-refractivity contribution < 1.29 is 4.79 Å². The average molecular weight is 363 g/mol. The standard InChI is InChI=1S/C19H26N4O.ClH/c1-22(10-8-17-13-21-23(2)14-17)19(24)18-5-3-15(4-6-18)11-16-7-9-20-12-16;/h3-6,13-14,16,20H,7-12H2,1-2H3;1H. The molecule has 1 aromatic heterocycles. The average Bonchev–Trinajstić information content (AvgIpc) is 3.24. The number of aryl methyl sites for hydroxylation is 1. The third kappa shape index (κ3) is 5.31. The van der Waals surface area contributed by atoms with Crippen LogP contribution in [-0.2, 0) is 19.9 Å². The fraction of sp³-hybridized carbons (Fsp3) is 0.474. The van der Waals surface area contributed by atoms with E-state index in [1.807, 2.05) is 38.6 Å². The summed E-state index contributed by atoms with van der Waals surface area (Å²) in [5.41, 5.74) is 3.23. The number of likely N-dealkylation sites (N-methyl/N-ethyl adjacent to an activating group) is 1. The first-order chi connectivity index (χ1) is 11.6. The molecular weight excluding hydrogens is 336 g/mol. The van der Waals surface area contributed by atoms with Crippen molar-refractivity contribution in [3.8, 4) is 0 Å². The Labute approximate surface area is 155 Å². The highest BCUT2D eigenvalue weighted by molar-refractivity contribution is 5.94. The Morgan fingerprint density at radius 2 is 2.08 bits per heavy atom. The molecule has 1 saturated heterocycles. The number of aromatic nitrogens is 2. The minimum atomic E-state index is 0. The molecule has 3 rings (SSSR count). The van der Waals surface area contributed by atoms with Crippen molar-refractivity contribution in [1.29, 1.82) is 0 Å². The molecule has 1 unspecified atom stereocenters. The number of hydrogen-bond acceptors (Lipinski definition) is 3. The van der Waals surface area contributed by atoms with E-state index >= 15 is 0 Å². The zero-order valence-corrected chi connectivity index (χ0v) is 15.8. The Hall–Kier alpha value is -1.85. The maximum atomic E-state index is 12.5. The van der Waals surface area contributed by atoms with Gasteiger partial charge in [0.2, 0.25) is 0 Å². The van der Waals surface area contributed by atoms with E-state index in [4.69, 9.17) is 0 Å². The van der Waals surface area contributed by atoms with Crippen LogP contribution in [0.25, 0.3) is 0 Å². The summed E-state index contributed by atoms with van der Waals surface area (Å²) in [4.78, 5) is 14.3. The van der Waals surface area contributed by atoms with Crippen molar-refractivity contribution in [1.82, 2.24) is 20.0 Å². The first-order valence-corrected chi connectivity index (χ1v) is 8.64. The van der Waals surface area contributed by atoms with Crippen molar-refractivity contribution in [2.45, 2.75) is 19.3 Å². The van der Waals surface area contributed by atoms with Crippen LogP contribution in [0.2, 0.25) is 0 Å². The van der Waals surface area contributed by atoms with E-state index in [2.05, 4.69) is 22.5 Å². The van der Waals surface area contributed by atoms with Gasteiger partial charge < -0.3 is 10.2 Å². The number of nitrogens with zero attached hydrogens (tertiary/aromatic N) is 3. The number of carbonyl (C=O) groups is 1. The van der Waals surface area contributed by atoms with Crippen molar-refractivity contribution in [3.63, 3.8) is 0 Å². The van der Waals surface area contributed by atoms with Crippen LogP contribution >= 0.6 is 12.4 Å². The number of nitrogens with one attached hydrogen (secondary N) is 1. The second-order valence-corrected chi connectivity index (χ2v) is 6.76. The zero-order valence-electron chi connectivity index (χ0n) is 14.9. The van der Waals surface area contributed by atoms with Crippen LogP contribution in [-0.4, -0.2) is 47.3 Å². The maximum Gasteiger partial charge on any atom is 0.253 e. The van der Waals surface area contributed by atoms with E-state index < -0.39 is 0 Å². The molecular formula is C19H27ClN4O. The molecule has 2 heterocycles. The summed E-state index contributed by atoms with van der Waals surface area (Å²) in [6.07, 6.45) is 7.01. The molecule has 6 heteroatoms. The normalized spacial score (nSPS) is 16.5. The molecule has 0 saturated carbocycles. The molecule has 1 atom stereocenters. The number of carbonyl (C=O) groups excluding carboxylic acids is 1. The summed E-state index contributed by atoms with van der Waals surface area (Å²) in [5.74, 6) is 0.807. The number of hydrogen-bond donors (Lipinski definition) is 1. The van der Waals surface area contributed by atoms with Gasteiger partial charge in [0.25, 0.3) is 5.91 Å².